The zero-order chi connectivity index (χ0) is 18.9. The van der Waals surface area contributed by atoms with E-state index >= 15 is 0 Å². The van der Waals surface area contributed by atoms with E-state index in [-0.39, 0.29) is 24.4 Å². The maximum atomic E-state index is 12.7. The van der Waals surface area contributed by atoms with E-state index in [9.17, 15) is 13.2 Å². The molecular formula is C19H29N3O3S. The third-order valence-corrected chi connectivity index (χ3v) is 7.43. The van der Waals surface area contributed by atoms with Gasteiger partial charge < -0.3 is 5.32 Å². The first-order valence-electron chi connectivity index (χ1n) is 9.38. The first-order chi connectivity index (χ1) is 12.3. The van der Waals surface area contributed by atoms with Crippen molar-refractivity contribution in [3.63, 3.8) is 0 Å². The van der Waals surface area contributed by atoms with E-state index in [1.807, 2.05) is 6.92 Å². The summed E-state index contributed by atoms with van der Waals surface area (Å²) in [7, 11) is -0.422. The van der Waals surface area contributed by atoms with Crippen molar-refractivity contribution >= 4 is 16.1 Å². The van der Waals surface area contributed by atoms with E-state index in [0.717, 1.165) is 24.8 Å². The van der Waals surface area contributed by atoms with Crippen LogP contribution in [-0.2, 0) is 27.8 Å². The lowest BCUT2D eigenvalue weighted by Gasteiger charge is -2.33. The Kier molecular flexibility index (Phi) is 5.69. The lowest BCUT2D eigenvalue weighted by atomic mass is 9.97. The second-order valence-corrected chi connectivity index (χ2v) is 9.74. The van der Waals surface area contributed by atoms with Gasteiger partial charge in [-0.2, -0.15) is 17.0 Å². The molecular weight excluding hydrogens is 350 g/mol. The van der Waals surface area contributed by atoms with Gasteiger partial charge in [0.2, 0.25) is 5.91 Å². The Morgan fingerprint density at radius 1 is 1.23 bits per heavy atom. The van der Waals surface area contributed by atoms with Gasteiger partial charge in [-0.3, -0.25) is 4.79 Å². The zero-order valence-electron chi connectivity index (χ0n) is 15.9. The number of hydrogen-bond acceptors (Lipinski definition) is 3. The molecule has 7 heteroatoms. The summed E-state index contributed by atoms with van der Waals surface area (Å²) in [6.45, 7) is 2.72. The van der Waals surface area contributed by atoms with Gasteiger partial charge >= 0.3 is 0 Å². The van der Waals surface area contributed by atoms with Gasteiger partial charge in [-0.05, 0) is 55.7 Å². The molecule has 1 saturated heterocycles. The van der Waals surface area contributed by atoms with Crippen molar-refractivity contribution in [1.29, 1.82) is 0 Å². The van der Waals surface area contributed by atoms with Gasteiger partial charge in [0, 0.05) is 27.2 Å². The molecule has 1 heterocycles. The Bertz CT molecular complexity index is 776. The van der Waals surface area contributed by atoms with Crippen molar-refractivity contribution in [3.05, 3.63) is 34.9 Å². The van der Waals surface area contributed by atoms with Gasteiger partial charge in [-0.15, -0.1) is 0 Å². The second-order valence-electron chi connectivity index (χ2n) is 7.60. The highest BCUT2D eigenvalue weighted by molar-refractivity contribution is 7.86. The summed E-state index contributed by atoms with van der Waals surface area (Å²) in [6.07, 6.45) is 4.90. The summed E-state index contributed by atoms with van der Waals surface area (Å²) in [5.41, 5.74) is 3.93. The molecule has 144 valence electrons. The molecule has 0 saturated carbocycles. The number of rotatable bonds is 5. The van der Waals surface area contributed by atoms with E-state index in [2.05, 4.69) is 23.5 Å². The minimum Gasteiger partial charge on any atom is -0.349 e. The Hall–Kier alpha value is -1.44. The topological polar surface area (TPSA) is 69.7 Å². The van der Waals surface area contributed by atoms with Crippen LogP contribution in [0.5, 0.6) is 0 Å². The molecule has 2 atom stereocenters. The molecule has 1 amide bonds. The van der Waals surface area contributed by atoms with Crippen molar-refractivity contribution < 1.29 is 13.2 Å². The van der Waals surface area contributed by atoms with Gasteiger partial charge in [0.05, 0.1) is 12.0 Å². The molecule has 6 nitrogen and oxygen atoms in total. The number of carbonyl (C=O) groups is 1. The number of nitrogens with one attached hydrogen (secondary N) is 1. The summed E-state index contributed by atoms with van der Waals surface area (Å²) in [6, 6.07) is 6.40. The fourth-order valence-corrected chi connectivity index (χ4v) is 5.06. The van der Waals surface area contributed by atoms with Crippen LogP contribution in [0.15, 0.2) is 18.2 Å². The lowest BCUT2D eigenvalue weighted by Crippen LogP contribution is -2.49. The summed E-state index contributed by atoms with van der Waals surface area (Å²) in [5, 5.41) is 3.08. The highest BCUT2D eigenvalue weighted by Crippen LogP contribution is 2.26. The minimum absolute atomic E-state index is 0.0587. The highest BCUT2D eigenvalue weighted by Gasteiger charge is 2.33. The van der Waals surface area contributed by atoms with Crippen LogP contribution in [0.3, 0.4) is 0 Å². The molecule has 0 aromatic heterocycles. The van der Waals surface area contributed by atoms with Crippen molar-refractivity contribution in [2.24, 2.45) is 5.92 Å². The van der Waals surface area contributed by atoms with Crippen molar-refractivity contribution in [2.45, 2.75) is 45.1 Å². The normalized spacial score (nSPS) is 22.2. The van der Waals surface area contributed by atoms with E-state index < -0.39 is 10.2 Å². The summed E-state index contributed by atoms with van der Waals surface area (Å²) in [5.74, 6) is -0.355. The molecule has 26 heavy (non-hydrogen) atoms. The molecule has 1 aliphatic carbocycles. The second kappa shape index (κ2) is 7.66. The molecule has 1 fully saturated rings. The fraction of sp³-hybridized carbons (Fsp3) is 0.632. The number of amides is 1. The summed E-state index contributed by atoms with van der Waals surface area (Å²) in [4.78, 5) is 12.7. The summed E-state index contributed by atoms with van der Waals surface area (Å²) < 4.78 is 27.3. The molecule has 2 aliphatic rings. The number of hydrogen-bond donors (Lipinski definition) is 1. The van der Waals surface area contributed by atoms with Crippen LogP contribution in [0.25, 0.3) is 0 Å². The standard InChI is InChI=1S/C19H29N3O3S/c1-14(16-10-9-15-6-4-7-17(15)12-16)20-19(23)18-8-5-11-22(13-18)26(24,25)21(2)3/h9-10,12,14,18H,4-8,11,13H2,1-3H3,(H,20,23). The Balaban J connectivity index is 1.64. The van der Waals surface area contributed by atoms with Gasteiger partial charge in [-0.25, -0.2) is 0 Å². The Morgan fingerprint density at radius 2 is 1.96 bits per heavy atom. The predicted octanol–water partition coefficient (Wildman–Crippen LogP) is 1.87. The first kappa shape index (κ1) is 19.3. The highest BCUT2D eigenvalue weighted by atomic mass is 32.2. The predicted molar refractivity (Wildman–Crippen MR) is 102 cm³/mol. The third-order valence-electron chi connectivity index (χ3n) is 5.52. The van der Waals surface area contributed by atoms with Crippen LogP contribution in [0.1, 0.15) is 48.9 Å². The Morgan fingerprint density at radius 3 is 2.69 bits per heavy atom. The number of carbonyl (C=O) groups excluding carboxylic acids is 1. The smallest absolute Gasteiger partial charge is 0.281 e. The van der Waals surface area contributed by atoms with Crippen LogP contribution >= 0.6 is 0 Å². The third kappa shape index (κ3) is 3.94. The molecule has 1 aromatic rings. The van der Waals surface area contributed by atoms with Gasteiger partial charge in [0.1, 0.15) is 0 Å². The number of fused-ring (bicyclic) bond motifs is 1. The fourth-order valence-electron chi connectivity index (χ4n) is 3.87. The van der Waals surface area contributed by atoms with Crippen molar-refractivity contribution in [1.82, 2.24) is 13.9 Å². The van der Waals surface area contributed by atoms with Crippen LogP contribution in [0.4, 0.5) is 0 Å². The van der Waals surface area contributed by atoms with Crippen molar-refractivity contribution in [3.8, 4) is 0 Å². The first-order valence-corrected chi connectivity index (χ1v) is 10.8. The van der Waals surface area contributed by atoms with Crippen LogP contribution in [0.2, 0.25) is 0 Å². The molecule has 2 unspecified atom stereocenters. The van der Waals surface area contributed by atoms with Crippen LogP contribution < -0.4 is 5.32 Å². The number of piperidine rings is 1. The SMILES string of the molecule is CC(NC(=O)C1CCCN(S(=O)(=O)N(C)C)C1)c1ccc2c(c1)CCC2. The maximum Gasteiger partial charge on any atom is 0.281 e. The average molecular weight is 380 g/mol. The monoisotopic (exact) mass is 379 g/mol. The van der Waals surface area contributed by atoms with E-state index in [4.69, 9.17) is 0 Å². The molecule has 1 aliphatic heterocycles. The van der Waals surface area contributed by atoms with Gasteiger partial charge in [0.15, 0.2) is 0 Å². The molecule has 1 N–H and O–H groups in total. The van der Waals surface area contributed by atoms with Gasteiger partial charge in [0.25, 0.3) is 10.2 Å². The molecule has 1 aromatic carbocycles. The number of benzene rings is 1. The largest absolute Gasteiger partial charge is 0.349 e. The van der Waals surface area contributed by atoms with Crippen LogP contribution in [0, 0.1) is 5.92 Å². The lowest BCUT2D eigenvalue weighted by molar-refractivity contribution is -0.126. The average Bonchev–Trinajstić information content (AvgIpc) is 3.09. The molecule has 0 spiro atoms. The molecule has 0 bridgehead atoms. The Labute approximate surface area is 156 Å². The maximum absolute atomic E-state index is 12.7. The zero-order valence-corrected chi connectivity index (χ0v) is 16.7. The van der Waals surface area contributed by atoms with E-state index in [1.165, 1.54) is 40.3 Å². The summed E-state index contributed by atoms with van der Waals surface area (Å²) >= 11 is 0. The molecule has 0 radical (unpaired) electrons. The van der Waals surface area contributed by atoms with Gasteiger partial charge in [-0.1, -0.05) is 18.2 Å². The quantitative estimate of drug-likeness (QED) is 0.849. The molecule has 3 rings (SSSR count). The minimum atomic E-state index is -3.47. The van der Waals surface area contributed by atoms with Crippen LogP contribution in [-0.4, -0.2) is 50.1 Å². The van der Waals surface area contributed by atoms with E-state index in [0.29, 0.717) is 13.0 Å². The number of nitrogens with zero attached hydrogens (tertiary/aromatic N) is 2. The van der Waals surface area contributed by atoms with E-state index in [1.54, 1.807) is 0 Å². The van der Waals surface area contributed by atoms with Crippen molar-refractivity contribution in [2.75, 3.05) is 27.2 Å². The number of aryl methyl sites for hydroxylation is 2.